The summed E-state index contributed by atoms with van der Waals surface area (Å²) >= 11 is 0. The Morgan fingerprint density at radius 2 is 1.70 bits per heavy atom. The van der Waals surface area contributed by atoms with Crippen molar-refractivity contribution in [1.82, 2.24) is 24.8 Å². The summed E-state index contributed by atoms with van der Waals surface area (Å²) in [5, 5.41) is 2.82. The van der Waals surface area contributed by atoms with Crippen LogP contribution in [0.15, 0.2) is 103 Å². The highest BCUT2D eigenvalue weighted by atomic mass is 19.1. The van der Waals surface area contributed by atoms with E-state index in [-0.39, 0.29) is 18.0 Å². The number of aromatic nitrogens is 4. The van der Waals surface area contributed by atoms with Gasteiger partial charge in [0, 0.05) is 29.6 Å². The van der Waals surface area contributed by atoms with Crippen molar-refractivity contribution in [3.05, 3.63) is 126 Å². The number of ether oxygens (including phenoxy) is 1. The number of hydrogen-bond acceptors (Lipinski definition) is 7. The highest BCUT2D eigenvalue weighted by Crippen LogP contribution is 2.32. The average Bonchev–Trinajstić information content (AvgIpc) is 3.42. The molecular weight excluding hydrogens is 547 g/mol. The number of halogens is 1. The Kier molecular flexibility index (Phi) is 7.32. The molecule has 0 radical (unpaired) electrons. The van der Waals surface area contributed by atoms with Crippen LogP contribution >= 0.6 is 0 Å². The minimum Gasteiger partial charge on any atom is -0.465 e. The van der Waals surface area contributed by atoms with Crippen LogP contribution in [0.25, 0.3) is 39.5 Å². The van der Waals surface area contributed by atoms with Crippen LogP contribution in [-0.4, -0.2) is 38.5 Å². The van der Waals surface area contributed by atoms with Crippen molar-refractivity contribution < 1.29 is 18.7 Å². The molecule has 212 valence electrons. The Balaban J connectivity index is 1.37. The van der Waals surface area contributed by atoms with Crippen molar-refractivity contribution in [1.29, 1.82) is 0 Å². The van der Waals surface area contributed by atoms with Crippen molar-refractivity contribution in [2.45, 2.75) is 6.54 Å². The summed E-state index contributed by atoms with van der Waals surface area (Å²) in [7, 11) is 1.34. The number of benzene rings is 3. The summed E-state index contributed by atoms with van der Waals surface area (Å²) in [5.41, 5.74) is 12.0. The SMILES string of the molecule is COC(=O)c1ccc(-c2ccc3nc(-c4cccnc4N)n(-c4ccc(CNC(=O)c5cccc(F)c5)cc4)c3n2)cc1. The molecule has 1 amide bonds. The van der Waals surface area contributed by atoms with E-state index in [0.29, 0.717) is 39.6 Å². The number of pyridine rings is 2. The number of nitrogen functional groups attached to an aromatic ring is 1. The minimum absolute atomic E-state index is 0.252. The van der Waals surface area contributed by atoms with Gasteiger partial charge in [0.2, 0.25) is 0 Å². The molecule has 0 unspecified atom stereocenters. The summed E-state index contributed by atoms with van der Waals surface area (Å²) in [6.45, 7) is 0.257. The maximum atomic E-state index is 13.5. The monoisotopic (exact) mass is 572 g/mol. The molecule has 6 rings (SSSR count). The van der Waals surface area contributed by atoms with Crippen molar-refractivity contribution in [2.75, 3.05) is 12.8 Å². The number of fused-ring (bicyclic) bond motifs is 1. The van der Waals surface area contributed by atoms with Crippen LogP contribution in [0.5, 0.6) is 0 Å². The lowest BCUT2D eigenvalue weighted by Crippen LogP contribution is -2.22. The summed E-state index contributed by atoms with van der Waals surface area (Å²) in [5.74, 6) is -0.351. The fourth-order valence-corrected chi connectivity index (χ4v) is 4.72. The Morgan fingerprint density at radius 1 is 0.907 bits per heavy atom. The summed E-state index contributed by atoms with van der Waals surface area (Å²) in [6, 6.07) is 27.5. The third kappa shape index (κ3) is 5.53. The van der Waals surface area contributed by atoms with Crippen LogP contribution in [0.3, 0.4) is 0 Å². The van der Waals surface area contributed by atoms with Crippen LogP contribution in [0, 0.1) is 5.82 Å². The quantitative estimate of drug-likeness (QED) is 0.239. The Labute approximate surface area is 245 Å². The van der Waals surface area contributed by atoms with Crippen molar-refractivity contribution in [3.8, 4) is 28.3 Å². The number of nitrogens with two attached hydrogens (primary N) is 1. The molecule has 0 aliphatic carbocycles. The zero-order valence-corrected chi connectivity index (χ0v) is 23.0. The normalized spacial score (nSPS) is 10.9. The first-order valence-corrected chi connectivity index (χ1v) is 13.3. The number of hydrogen-bond donors (Lipinski definition) is 2. The first kappa shape index (κ1) is 27.3. The van der Waals surface area contributed by atoms with Gasteiger partial charge in [-0.05, 0) is 72.3 Å². The molecule has 0 aliphatic rings. The fourth-order valence-electron chi connectivity index (χ4n) is 4.72. The van der Waals surface area contributed by atoms with Gasteiger partial charge < -0.3 is 15.8 Å². The van der Waals surface area contributed by atoms with Crippen LogP contribution < -0.4 is 11.1 Å². The number of anilines is 1. The zero-order valence-electron chi connectivity index (χ0n) is 23.0. The molecule has 3 aromatic heterocycles. The van der Waals surface area contributed by atoms with E-state index in [2.05, 4.69) is 10.3 Å². The zero-order chi connectivity index (χ0) is 29.9. The van der Waals surface area contributed by atoms with Crippen molar-refractivity contribution >= 4 is 28.9 Å². The molecule has 0 spiro atoms. The number of carbonyl (C=O) groups excluding carboxylic acids is 2. The maximum absolute atomic E-state index is 13.5. The number of amides is 1. The smallest absolute Gasteiger partial charge is 0.337 e. The lowest BCUT2D eigenvalue weighted by Gasteiger charge is -2.12. The van der Waals surface area contributed by atoms with E-state index < -0.39 is 11.8 Å². The molecule has 10 heteroatoms. The summed E-state index contributed by atoms with van der Waals surface area (Å²) < 4.78 is 20.2. The molecule has 3 heterocycles. The molecule has 0 saturated heterocycles. The molecule has 3 aromatic carbocycles. The lowest BCUT2D eigenvalue weighted by molar-refractivity contribution is 0.0600. The van der Waals surface area contributed by atoms with Crippen LogP contribution in [-0.2, 0) is 11.3 Å². The maximum Gasteiger partial charge on any atom is 0.337 e. The van der Waals surface area contributed by atoms with Gasteiger partial charge in [0.05, 0.1) is 23.9 Å². The largest absolute Gasteiger partial charge is 0.465 e. The molecule has 0 atom stereocenters. The van der Waals surface area contributed by atoms with E-state index >= 15 is 0 Å². The van der Waals surface area contributed by atoms with E-state index in [0.717, 1.165) is 16.8 Å². The van der Waals surface area contributed by atoms with E-state index in [9.17, 15) is 14.0 Å². The first-order chi connectivity index (χ1) is 20.9. The van der Waals surface area contributed by atoms with Crippen LogP contribution in [0.1, 0.15) is 26.3 Å². The fraction of sp³-hybridized carbons (Fsp3) is 0.0606. The van der Waals surface area contributed by atoms with Gasteiger partial charge in [-0.25, -0.2) is 24.1 Å². The van der Waals surface area contributed by atoms with Gasteiger partial charge in [0.25, 0.3) is 5.91 Å². The second kappa shape index (κ2) is 11.5. The topological polar surface area (TPSA) is 125 Å². The number of esters is 1. The number of nitrogens with one attached hydrogen (secondary N) is 1. The van der Waals surface area contributed by atoms with Gasteiger partial charge in [0.1, 0.15) is 17.2 Å². The van der Waals surface area contributed by atoms with Crippen molar-refractivity contribution in [2.24, 2.45) is 0 Å². The summed E-state index contributed by atoms with van der Waals surface area (Å²) in [4.78, 5) is 38.4. The predicted molar refractivity (Wildman–Crippen MR) is 161 cm³/mol. The van der Waals surface area contributed by atoms with E-state index in [4.69, 9.17) is 20.4 Å². The van der Waals surface area contributed by atoms with E-state index in [1.54, 1.807) is 30.5 Å². The molecule has 0 aliphatic heterocycles. The predicted octanol–water partition coefficient (Wildman–Crippen LogP) is 5.59. The highest BCUT2D eigenvalue weighted by molar-refractivity contribution is 5.94. The minimum atomic E-state index is -0.468. The second-order valence-corrected chi connectivity index (χ2v) is 9.67. The molecule has 0 saturated carbocycles. The van der Waals surface area contributed by atoms with E-state index in [1.165, 1.54) is 25.3 Å². The van der Waals surface area contributed by atoms with Gasteiger partial charge in [-0.3, -0.25) is 9.36 Å². The van der Waals surface area contributed by atoms with Crippen LogP contribution in [0.2, 0.25) is 0 Å². The number of methoxy groups -OCH3 is 1. The van der Waals surface area contributed by atoms with Gasteiger partial charge >= 0.3 is 5.97 Å². The Hall–Kier alpha value is -5.90. The Bertz CT molecular complexity index is 1970. The number of carbonyl (C=O) groups is 2. The number of nitrogens with zero attached hydrogens (tertiary/aromatic N) is 4. The van der Waals surface area contributed by atoms with Gasteiger partial charge in [-0.15, -0.1) is 0 Å². The molecule has 6 aromatic rings. The number of rotatable bonds is 7. The molecular formula is C33H25FN6O3. The van der Waals surface area contributed by atoms with Gasteiger partial charge in [-0.2, -0.15) is 0 Å². The third-order valence-electron chi connectivity index (χ3n) is 6.92. The van der Waals surface area contributed by atoms with Gasteiger partial charge in [-0.1, -0.05) is 30.3 Å². The third-order valence-corrected chi connectivity index (χ3v) is 6.92. The standard InChI is InChI=1S/C33H25FN6O3/c1-43-33(42)22-11-9-21(10-12-22)27-15-16-28-31(38-27)40(30(39-28)26-6-3-17-36-29(26)35)25-13-7-20(8-14-25)19-37-32(41)23-4-2-5-24(34)18-23/h2-18H,19H2,1H3,(H2,35,36)(H,37,41). The average molecular weight is 573 g/mol. The highest BCUT2D eigenvalue weighted by Gasteiger charge is 2.19. The molecule has 43 heavy (non-hydrogen) atoms. The Morgan fingerprint density at radius 3 is 2.42 bits per heavy atom. The van der Waals surface area contributed by atoms with E-state index in [1.807, 2.05) is 59.2 Å². The summed E-state index contributed by atoms with van der Waals surface area (Å²) in [6.07, 6.45) is 1.62. The molecule has 0 bridgehead atoms. The number of imidazole rings is 1. The molecule has 9 nitrogen and oxygen atoms in total. The van der Waals surface area contributed by atoms with Crippen LogP contribution in [0.4, 0.5) is 10.2 Å². The molecule has 0 fully saturated rings. The molecule has 3 N–H and O–H groups in total. The first-order valence-electron chi connectivity index (χ1n) is 13.3. The van der Waals surface area contributed by atoms with Gasteiger partial charge in [0.15, 0.2) is 11.5 Å². The second-order valence-electron chi connectivity index (χ2n) is 9.67. The van der Waals surface area contributed by atoms with Crippen molar-refractivity contribution in [3.63, 3.8) is 0 Å². The lowest BCUT2D eigenvalue weighted by atomic mass is 10.1.